The second-order valence-corrected chi connectivity index (χ2v) is 5.78. The van der Waals surface area contributed by atoms with Crippen LogP contribution >= 0.6 is 11.8 Å². The van der Waals surface area contributed by atoms with Crippen LogP contribution in [0.5, 0.6) is 0 Å². The number of aromatic nitrogens is 3. The van der Waals surface area contributed by atoms with Gasteiger partial charge >= 0.3 is 5.69 Å². The lowest BCUT2D eigenvalue weighted by Crippen LogP contribution is -2.18. The van der Waals surface area contributed by atoms with Crippen LogP contribution in [-0.2, 0) is 13.0 Å². The average Bonchev–Trinajstić information content (AvgIpc) is 2.78. The minimum atomic E-state index is -0.138. The summed E-state index contributed by atoms with van der Waals surface area (Å²) in [5.74, 6) is 0.831. The fourth-order valence-corrected chi connectivity index (χ4v) is 2.79. The number of hydrogen-bond donors (Lipinski definition) is 1. The molecule has 20 heavy (non-hydrogen) atoms. The largest absolute Gasteiger partial charge is 0.343 e. The summed E-state index contributed by atoms with van der Waals surface area (Å²) in [6.07, 6.45) is 2.96. The van der Waals surface area contributed by atoms with E-state index in [1.165, 1.54) is 11.1 Å². The van der Waals surface area contributed by atoms with E-state index in [1.807, 2.05) is 18.2 Å². The van der Waals surface area contributed by atoms with Crippen molar-refractivity contribution in [1.29, 1.82) is 0 Å². The van der Waals surface area contributed by atoms with E-state index in [4.69, 9.17) is 0 Å². The number of nitrogens with one attached hydrogen (secondary N) is 1. The van der Waals surface area contributed by atoms with E-state index < -0.39 is 0 Å². The average molecular weight is 289 g/mol. The highest BCUT2D eigenvalue weighted by Gasteiger charge is 2.08. The van der Waals surface area contributed by atoms with Crippen LogP contribution in [0.1, 0.15) is 19.4 Å². The number of thioether (sulfide) groups is 1. The van der Waals surface area contributed by atoms with Crippen LogP contribution in [0.2, 0.25) is 0 Å². The molecule has 0 aliphatic carbocycles. The molecule has 0 atom stereocenters. The highest BCUT2D eigenvalue weighted by molar-refractivity contribution is 7.99. The fourth-order valence-electron chi connectivity index (χ4n) is 1.78. The van der Waals surface area contributed by atoms with Crippen LogP contribution in [0.3, 0.4) is 0 Å². The van der Waals surface area contributed by atoms with E-state index in [0.29, 0.717) is 6.54 Å². The van der Waals surface area contributed by atoms with E-state index >= 15 is 0 Å². The van der Waals surface area contributed by atoms with Crippen molar-refractivity contribution in [3.63, 3.8) is 0 Å². The minimum Gasteiger partial charge on any atom is -0.270 e. The third-order valence-electron chi connectivity index (χ3n) is 2.89. The van der Waals surface area contributed by atoms with Gasteiger partial charge in [-0.15, -0.1) is 5.10 Å². The van der Waals surface area contributed by atoms with Crippen LogP contribution in [0, 0.1) is 0 Å². The van der Waals surface area contributed by atoms with Crippen LogP contribution in [0.15, 0.2) is 51.9 Å². The van der Waals surface area contributed by atoms with Crippen molar-refractivity contribution in [3.8, 4) is 0 Å². The second-order valence-electron chi connectivity index (χ2n) is 4.79. The van der Waals surface area contributed by atoms with Gasteiger partial charge in [-0.05, 0) is 25.8 Å². The minimum absolute atomic E-state index is 0.138. The normalized spacial score (nSPS) is 10.5. The first kappa shape index (κ1) is 14.7. The van der Waals surface area contributed by atoms with E-state index in [-0.39, 0.29) is 5.69 Å². The quantitative estimate of drug-likeness (QED) is 0.657. The maximum absolute atomic E-state index is 11.8. The molecule has 0 aliphatic rings. The van der Waals surface area contributed by atoms with Gasteiger partial charge in [-0.2, -0.15) is 0 Å². The summed E-state index contributed by atoms with van der Waals surface area (Å²) < 4.78 is 1.70. The summed E-state index contributed by atoms with van der Waals surface area (Å²) in [5, 5.41) is 7.36. The maximum Gasteiger partial charge on any atom is 0.343 e. The van der Waals surface area contributed by atoms with Crippen molar-refractivity contribution >= 4 is 11.8 Å². The molecule has 0 spiro atoms. The molecule has 0 radical (unpaired) electrons. The van der Waals surface area contributed by atoms with Gasteiger partial charge in [0.25, 0.3) is 0 Å². The van der Waals surface area contributed by atoms with Crippen molar-refractivity contribution < 1.29 is 0 Å². The van der Waals surface area contributed by atoms with Crippen molar-refractivity contribution in [2.45, 2.75) is 32.0 Å². The van der Waals surface area contributed by atoms with E-state index in [0.717, 1.165) is 17.3 Å². The molecule has 0 bridgehead atoms. The van der Waals surface area contributed by atoms with Gasteiger partial charge in [-0.3, -0.25) is 4.57 Å². The zero-order chi connectivity index (χ0) is 14.4. The van der Waals surface area contributed by atoms with Crippen LogP contribution in [0.4, 0.5) is 0 Å². The first-order valence-corrected chi connectivity index (χ1v) is 7.60. The number of aromatic amines is 1. The number of rotatable bonds is 6. The summed E-state index contributed by atoms with van der Waals surface area (Å²) in [6.45, 7) is 4.78. The molecule has 0 saturated carbocycles. The Kier molecular flexibility index (Phi) is 5.24. The Balaban J connectivity index is 2.02. The van der Waals surface area contributed by atoms with Gasteiger partial charge in [-0.25, -0.2) is 9.89 Å². The summed E-state index contributed by atoms with van der Waals surface area (Å²) in [4.78, 5) is 11.8. The van der Waals surface area contributed by atoms with Crippen molar-refractivity contribution in [1.82, 2.24) is 14.8 Å². The Bertz CT molecular complexity index is 624. The molecule has 4 nitrogen and oxygen atoms in total. The lowest BCUT2D eigenvalue weighted by Gasteiger charge is -2.04. The second kappa shape index (κ2) is 7.14. The summed E-state index contributed by atoms with van der Waals surface area (Å²) in [7, 11) is 0. The number of aryl methyl sites for hydroxylation is 1. The molecule has 1 heterocycles. The lowest BCUT2D eigenvalue weighted by molar-refractivity contribution is 0.616. The van der Waals surface area contributed by atoms with Crippen molar-refractivity contribution in [3.05, 3.63) is 58.0 Å². The highest BCUT2D eigenvalue weighted by Crippen LogP contribution is 2.14. The summed E-state index contributed by atoms with van der Waals surface area (Å²) in [6, 6.07) is 10.2. The molecule has 0 unspecified atom stereocenters. The van der Waals surface area contributed by atoms with Gasteiger partial charge in [-0.1, -0.05) is 53.7 Å². The number of nitrogens with zero attached hydrogens (tertiary/aromatic N) is 2. The molecule has 2 rings (SSSR count). The number of H-pyrrole nitrogens is 1. The molecular formula is C15H19N3OS. The maximum atomic E-state index is 11.8. The van der Waals surface area contributed by atoms with Gasteiger partial charge < -0.3 is 0 Å². The van der Waals surface area contributed by atoms with Crippen molar-refractivity contribution in [2.24, 2.45) is 0 Å². The van der Waals surface area contributed by atoms with Crippen LogP contribution in [0.25, 0.3) is 0 Å². The molecule has 0 fully saturated rings. The first-order valence-electron chi connectivity index (χ1n) is 6.62. The van der Waals surface area contributed by atoms with E-state index in [9.17, 15) is 4.79 Å². The zero-order valence-electron chi connectivity index (χ0n) is 11.8. The molecule has 0 aliphatic heterocycles. The Morgan fingerprint density at radius 3 is 2.80 bits per heavy atom. The molecule has 1 aromatic carbocycles. The highest BCUT2D eigenvalue weighted by atomic mass is 32.2. The smallest absolute Gasteiger partial charge is 0.270 e. The number of allylic oxidation sites excluding steroid dienone is 1. The zero-order valence-corrected chi connectivity index (χ0v) is 12.6. The molecule has 1 aromatic heterocycles. The lowest BCUT2D eigenvalue weighted by atomic mass is 10.1. The third kappa shape index (κ3) is 4.13. The molecular weight excluding hydrogens is 270 g/mol. The standard InChI is InChI=1S/C15H19N3OS/c1-12(2)9-11-20-15-17-16-14(19)18(15)10-8-13-6-4-3-5-7-13/h3-7,9H,8,10-11H2,1-2H3,(H,16,19). The third-order valence-corrected chi connectivity index (χ3v) is 3.80. The molecule has 1 N–H and O–H groups in total. The fraction of sp³-hybridized carbons (Fsp3) is 0.333. The van der Waals surface area contributed by atoms with E-state index in [2.05, 4.69) is 42.3 Å². The predicted octanol–water partition coefficient (Wildman–Crippen LogP) is 2.87. The van der Waals surface area contributed by atoms with Gasteiger partial charge in [0.05, 0.1) is 0 Å². The van der Waals surface area contributed by atoms with Crippen molar-refractivity contribution in [2.75, 3.05) is 5.75 Å². The monoisotopic (exact) mass is 289 g/mol. The molecule has 0 saturated heterocycles. The Hall–Kier alpha value is -1.75. The summed E-state index contributed by atoms with van der Waals surface area (Å²) >= 11 is 1.58. The Morgan fingerprint density at radius 1 is 1.35 bits per heavy atom. The number of hydrogen-bond acceptors (Lipinski definition) is 3. The molecule has 2 aromatic rings. The van der Waals surface area contributed by atoms with Gasteiger partial charge in [0, 0.05) is 12.3 Å². The SMILES string of the molecule is CC(C)=CCSc1n[nH]c(=O)n1CCc1ccccc1. The topological polar surface area (TPSA) is 50.7 Å². The molecule has 0 amide bonds. The van der Waals surface area contributed by atoms with Gasteiger partial charge in [0.15, 0.2) is 5.16 Å². The molecule has 5 heteroatoms. The predicted molar refractivity (Wildman–Crippen MR) is 83.1 cm³/mol. The van der Waals surface area contributed by atoms with Gasteiger partial charge in [0.1, 0.15) is 0 Å². The first-order chi connectivity index (χ1) is 9.66. The summed E-state index contributed by atoms with van der Waals surface area (Å²) in [5.41, 5.74) is 2.35. The van der Waals surface area contributed by atoms with Gasteiger partial charge in [0.2, 0.25) is 0 Å². The Labute approximate surface area is 122 Å². The van der Waals surface area contributed by atoms with Crippen LogP contribution < -0.4 is 5.69 Å². The number of benzene rings is 1. The Morgan fingerprint density at radius 2 is 2.10 bits per heavy atom. The van der Waals surface area contributed by atoms with Crippen LogP contribution in [-0.4, -0.2) is 20.5 Å². The van der Waals surface area contributed by atoms with E-state index in [1.54, 1.807) is 16.3 Å². The molecule has 106 valence electrons.